The van der Waals surface area contributed by atoms with Crippen LogP contribution in [0.1, 0.15) is 32.1 Å². The number of hydrogen-bond donors (Lipinski definition) is 0. The average Bonchev–Trinajstić information content (AvgIpc) is 2.97. The van der Waals surface area contributed by atoms with Crippen LogP contribution in [0.2, 0.25) is 0 Å². The zero-order chi connectivity index (χ0) is 16.4. The first-order valence-electron chi connectivity index (χ1n) is 7.20. The van der Waals surface area contributed by atoms with Gasteiger partial charge in [-0.15, -0.1) is 11.3 Å². The van der Waals surface area contributed by atoms with Crippen molar-refractivity contribution in [2.45, 2.75) is 38.5 Å². The van der Waals surface area contributed by atoms with Crippen molar-refractivity contribution in [3.63, 3.8) is 0 Å². The first kappa shape index (κ1) is 17.2. The van der Waals surface area contributed by atoms with Crippen molar-refractivity contribution in [3.8, 4) is 0 Å². The van der Waals surface area contributed by atoms with Gasteiger partial charge in [0.1, 0.15) is 5.60 Å². The van der Waals surface area contributed by atoms with Crippen LogP contribution in [-0.4, -0.2) is 48.8 Å². The van der Waals surface area contributed by atoms with Gasteiger partial charge in [0, 0.05) is 24.2 Å². The summed E-state index contributed by atoms with van der Waals surface area (Å²) in [6.45, 7) is 6.44. The van der Waals surface area contributed by atoms with Crippen molar-refractivity contribution in [1.29, 1.82) is 0 Å². The lowest BCUT2D eigenvalue weighted by Gasteiger charge is -2.24. The first-order chi connectivity index (χ1) is 10.1. The number of carbonyl (C=O) groups excluding carboxylic acids is 1. The number of likely N-dealkylation sites (tertiary alicyclic amines) is 1. The van der Waals surface area contributed by atoms with E-state index in [1.54, 1.807) is 16.6 Å². The first-order valence-corrected chi connectivity index (χ1v) is 9.90. The Morgan fingerprint density at radius 1 is 1.50 bits per heavy atom. The lowest BCUT2D eigenvalue weighted by Crippen LogP contribution is -2.35. The molecular weight excluding hydrogens is 324 g/mol. The molecule has 22 heavy (non-hydrogen) atoms. The monoisotopic (exact) mass is 346 g/mol. The second kappa shape index (κ2) is 6.54. The molecule has 0 aromatic carbocycles. The van der Waals surface area contributed by atoms with E-state index < -0.39 is 15.4 Å². The molecule has 124 valence electrons. The zero-order valence-electron chi connectivity index (χ0n) is 13.1. The van der Waals surface area contributed by atoms with Gasteiger partial charge in [0.05, 0.1) is 17.0 Å². The summed E-state index contributed by atoms with van der Waals surface area (Å²) < 4.78 is 29.7. The minimum Gasteiger partial charge on any atom is -0.444 e. The highest BCUT2D eigenvalue weighted by Gasteiger charge is 2.32. The van der Waals surface area contributed by atoms with Crippen LogP contribution in [-0.2, 0) is 20.3 Å². The normalized spacial score (nSPS) is 19.4. The van der Waals surface area contributed by atoms with Gasteiger partial charge in [-0.2, -0.15) is 0 Å². The molecule has 6 nitrogen and oxygen atoms in total. The van der Waals surface area contributed by atoms with E-state index in [0.717, 1.165) is 4.88 Å². The van der Waals surface area contributed by atoms with E-state index in [1.165, 1.54) is 11.3 Å². The van der Waals surface area contributed by atoms with Crippen LogP contribution < -0.4 is 0 Å². The van der Waals surface area contributed by atoms with Gasteiger partial charge in [0.2, 0.25) is 0 Å². The fraction of sp³-hybridized carbons (Fsp3) is 0.714. The molecule has 1 fully saturated rings. The molecule has 2 heterocycles. The summed E-state index contributed by atoms with van der Waals surface area (Å²) >= 11 is 1.34. The van der Waals surface area contributed by atoms with Crippen LogP contribution in [0.4, 0.5) is 4.79 Å². The molecule has 0 bridgehead atoms. The number of nitrogens with zero attached hydrogens (tertiary/aromatic N) is 2. The van der Waals surface area contributed by atoms with Crippen molar-refractivity contribution in [1.82, 2.24) is 9.88 Å². The summed E-state index contributed by atoms with van der Waals surface area (Å²) in [6.07, 6.45) is 1.92. The topological polar surface area (TPSA) is 76.6 Å². The van der Waals surface area contributed by atoms with Gasteiger partial charge in [0.25, 0.3) is 0 Å². The number of aromatic nitrogens is 1. The largest absolute Gasteiger partial charge is 0.444 e. The number of carbonyl (C=O) groups is 1. The number of amides is 1. The summed E-state index contributed by atoms with van der Waals surface area (Å²) in [7, 11) is -3.18. The van der Waals surface area contributed by atoms with E-state index >= 15 is 0 Å². The number of ether oxygens (including phenoxy) is 1. The highest BCUT2D eigenvalue weighted by molar-refractivity contribution is 7.90. The van der Waals surface area contributed by atoms with Crippen LogP contribution in [0, 0.1) is 5.92 Å². The van der Waals surface area contributed by atoms with Crippen molar-refractivity contribution in [3.05, 3.63) is 16.6 Å². The number of sulfone groups is 1. The molecule has 0 saturated carbocycles. The smallest absolute Gasteiger partial charge is 0.410 e. The Bertz CT molecular complexity index is 605. The molecule has 1 atom stereocenters. The molecular formula is C14H22N2O4S2. The Morgan fingerprint density at radius 2 is 2.23 bits per heavy atom. The fourth-order valence-corrected chi connectivity index (χ4v) is 5.22. The lowest BCUT2D eigenvalue weighted by molar-refractivity contribution is 0.0289. The molecule has 1 amide bonds. The van der Waals surface area contributed by atoms with E-state index in [2.05, 4.69) is 4.98 Å². The second-order valence-corrected chi connectivity index (χ2v) is 9.68. The maximum atomic E-state index is 12.2. The molecule has 1 aliphatic rings. The van der Waals surface area contributed by atoms with E-state index in [-0.39, 0.29) is 23.5 Å². The summed E-state index contributed by atoms with van der Waals surface area (Å²) in [6, 6.07) is 0. The number of thiazole rings is 1. The molecule has 1 aromatic heterocycles. The van der Waals surface area contributed by atoms with Gasteiger partial charge in [-0.25, -0.2) is 13.2 Å². The maximum absolute atomic E-state index is 12.2. The Labute approximate surface area is 135 Å². The van der Waals surface area contributed by atoms with Crippen molar-refractivity contribution < 1.29 is 17.9 Å². The van der Waals surface area contributed by atoms with Crippen LogP contribution in [0.3, 0.4) is 0 Å². The van der Waals surface area contributed by atoms with Gasteiger partial charge in [-0.1, -0.05) is 0 Å². The quantitative estimate of drug-likeness (QED) is 0.836. The van der Waals surface area contributed by atoms with Crippen molar-refractivity contribution in [2.75, 3.05) is 18.8 Å². The Balaban J connectivity index is 1.87. The van der Waals surface area contributed by atoms with Gasteiger partial charge in [-0.05, 0) is 33.1 Å². The van der Waals surface area contributed by atoms with E-state index in [9.17, 15) is 13.2 Å². The molecule has 0 unspecified atom stereocenters. The summed E-state index contributed by atoms with van der Waals surface area (Å²) in [5, 5.41) is 0. The molecule has 1 aromatic rings. The second-order valence-electron chi connectivity index (χ2n) is 6.60. The molecule has 0 spiro atoms. The van der Waals surface area contributed by atoms with Crippen LogP contribution >= 0.6 is 11.3 Å². The fourth-order valence-electron chi connectivity index (χ4n) is 2.41. The third-order valence-electron chi connectivity index (χ3n) is 3.27. The molecule has 0 radical (unpaired) electrons. The molecule has 0 aliphatic carbocycles. The molecule has 0 N–H and O–H groups in total. The third kappa shape index (κ3) is 5.24. The van der Waals surface area contributed by atoms with Crippen LogP contribution in [0.15, 0.2) is 11.7 Å². The predicted molar refractivity (Wildman–Crippen MR) is 85.5 cm³/mol. The Kier molecular flexibility index (Phi) is 5.11. The minimum atomic E-state index is -3.18. The van der Waals surface area contributed by atoms with Gasteiger partial charge in [-0.3, -0.25) is 4.98 Å². The van der Waals surface area contributed by atoms with Gasteiger partial charge >= 0.3 is 6.09 Å². The standard InChI is InChI=1S/C14H22N2O4S2/c1-14(2,3)20-13(17)16-5-4-11(7-16)8-22(18,19)9-12-6-15-10-21-12/h6,10-11H,4-5,7-9H2,1-3H3/t11-/m1/s1. The van der Waals surface area contributed by atoms with Crippen LogP contribution in [0.5, 0.6) is 0 Å². The minimum absolute atomic E-state index is 0.0227. The molecule has 8 heteroatoms. The van der Waals surface area contributed by atoms with Crippen molar-refractivity contribution in [2.24, 2.45) is 5.92 Å². The van der Waals surface area contributed by atoms with Gasteiger partial charge < -0.3 is 9.64 Å². The Morgan fingerprint density at radius 3 is 2.82 bits per heavy atom. The molecule has 2 rings (SSSR count). The average molecular weight is 346 g/mol. The molecule has 1 aliphatic heterocycles. The number of hydrogen-bond acceptors (Lipinski definition) is 6. The summed E-state index contributed by atoms with van der Waals surface area (Å²) in [4.78, 5) is 18.2. The number of rotatable bonds is 4. The predicted octanol–water partition coefficient (Wildman–Crippen LogP) is 2.31. The summed E-state index contributed by atoms with van der Waals surface area (Å²) in [5.74, 6) is 0.107. The third-order valence-corrected chi connectivity index (χ3v) is 5.97. The maximum Gasteiger partial charge on any atom is 0.410 e. The van der Waals surface area contributed by atoms with Crippen molar-refractivity contribution >= 4 is 27.3 Å². The Hall–Kier alpha value is -1.15. The van der Waals surface area contributed by atoms with Gasteiger partial charge in [0.15, 0.2) is 9.84 Å². The SMILES string of the molecule is CC(C)(C)OC(=O)N1CC[C@@H](CS(=O)(=O)Cc2cncs2)C1. The summed E-state index contributed by atoms with van der Waals surface area (Å²) in [5.41, 5.74) is 1.10. The van der Waals surface area contributed by atoms with E-state index in [1.807, 2.05) is 20.8 Å². The molecule has 1 saturated heterocycles. The van der Waals surface area contributed by atoms with Crippen LogP contribution in [0.25, 0.3) is 0 Å². The highest BCUT2D eigenvalue weighted by atomic mass is 32.2. The lowest BCUT2D eigenvalue weighted by atomic mass is 10.2. The van der Waals surface area contributed by atoms with E-state index in [4.69, 9.17) is 4.74 Å². The highest BCUT2D eigenvalue weighted by Crippen LogP contribution is 2.22. The van der Waals surface area contributed by atoms with E-state index in [0.29, 0.717) is 19.5 Å². The zero-order valence-corrected chi connectivity index (χ0v) is 14.7.